The Balaban J connectivity index is 4.13. The molecule has 0 saturated heterocycles. The Kier molecular flexibility index (Phi) is 58.4. The zero-order valence-corrected chi connectivity index (χ0v) is 53.8. The molecule has 0 spiro atoms. The molecule has 0 aliphatic carbocycles. The summed E-state index contributed by atoms with van der Waals surface area (Å²) in [6, 6.07) is 0. The van der Waals surface area contributed by atoms with Crippen molar-refractivity contribution in [3.8, 4) is 0 Å². The summed E-state index contributed by atoms with van der Waals surface area (Å²) in [6.45, 7) is 4.17. The van der Waals surface area contributed by atoms with Crippen molar-refractivity contribution >= 4 is 19.8 Å². The number of phosphoric ester groups is 1. The number of rotatable bonds is 58. The summed E-state index contributed by atoms with van der Waals surface area (Å²) in [5, 5.41) is 0. The highest BCUT2D eigenvalue weighted by molar-refractivity contribution is 7.47. The molecule has 1 N–H and O–H groups in total. The summed E-state index contributed by atoms with van der Waals surface area (Å²) in [6.07, 6.45) is 90.8. The van der Waals surface area contributed by atoms with Gasteiger partial charge in [0, 0.05) is 12.8 Å². The molecule has 466 valence electrons. The molecule has 0 aromatic rings. The Morgan fingerprint density at radius 3 is 0.976 bits per heavy atom. The second kappa shape index (κ2) is 61.5. The van der Waals surface area contributed by atoms with Gasteiger partial charge in [-0.3, -0.25) is 18.6 Å². The molecule has 2 atom stereocenters. The largest absolute Gasteiger partial charge is 0.472 e. The van der Waals surface area contributed by atoms with E-state index < -0.39 is 32.5 Å². The molecule has 9 nitrogen and oxygen atoms in total. The third-order valence-corrected chi connectivity index (χ3v) is 14.3. The molecule has 82 heavy (non-hydrogen) atoms. The fourth-order valence-electron chi connectivity index (χ4n) is 8.43. The zero-order chi connectivity index (χ0) is 59.8. The number of likely N-dealkylation sites (N-methyl/N-ethyl adjacent to an activating group) is 1. The lowest BCUT2D eigenvalue weighted by atomic mass is 10.0. The minimum absolute atomic E-state index is 0.0204. The van der Waals surface area contributed by atoms with Crippen LogP contribution in [0.3, 0.4) is 0 Å². The standard InChI is InChI=1S/C72H120NO8P/c1-6-8-10-12-14-16-18-20-22-24-26-28-30-31-32-33-34-35-36-37-38-39-40-41-43-45-47-49-51-53-55-57-59-61-63-65-72(75)81-70(69-80-82(76,77)79-67-66-73(3,4)5)68-78-71(74)64-62-60-58-56-54-52-50-48-46-44-42-29-27-25-23-21-19-17-15-13-11-9-7-2/h8-11,14-17,20-23,26-29,31-32,34-35,44,46,50,52,70H,6-7,12-13,18-19,24-25,30,33,36-43,45,47-49,51,53-69H2,1-5H3/p+1/b10-8-,11-9-,16-14-,17-15-,22-20-,23-21-,28-26-,29-27-,32-31-,35-34-,46-44-,52-50-. The van der Waals surface area contributed by atoms with Crippen molar-refractivity contribution in [2.24, 2.45) is 0 Å². The summed E-state index contributed by atoms with van der Waals surface area (Å²) < 4.78 is 34.6. The summed E-state index contributed by atoms with van der Waals surface area (Å²) in [5.74, 6) is -0.832. The quantitative estimate of drug-likeness (QED) is 0.0211. The van der Waals surface area contributed by atoms with Gasteiger partial charge in [0.1, 0.15) is 19.8 Å². The Hall–Kier alpha value is -4.11. The number of phosphoric acid groups is 1. The normalized spacial score (nSPS) is 14.2. The van der Waals surface area contributed by atoms with Gasteiger partial charge >= 0.3 is 19.8 Å². The first-order valence-electron chi connectivity index (χ1n) is 32.6. The molecule has 0 rings (SSSR count). The SMILES string of the molecule is CC/C=C\C/C=C\C/C=C\C/C=C\C/C=C\C/C=C\CCCCCCCCCCCCCCCCCCC(=O)OC(COC(=O)CCCCCC/C=C\C/C=C\C/C=C\C/C=C\C/C=C\C/C=C\CC)COP(=O)(O)OCC[N+](C)(C)C. The van der Waals surface area contributed by atoms with Crippen molar-refractivity contribution in [2.75, 3.05) is 47.5 Å². The van der Waals surface area contributed by atoms with Crippen LogP contribution in [0.5, 0.6) is 0 Å². The van der Waals surface area contributed by atoms with E-state index in [1.165, 1.54) is 83.5 Å². The summed E-state index contributed by atoms with van der Waals surface area (Å²) >= 11 is 0. The van der Waals surface area contributed by atoms with E-state index in [9.17, 15) is 19.0 Å². The molecule has 0 heterocycles. The maximum atomic E-state index is 12.9. The number of quaternary nitrogens is 1. The summed E-state index contributed by atoms with van der Waals surface area (Å²) in [5.41, 5.74) is 0. The number of allylic oxidation sites excluding steroid dienone is 24. The monoisotopic (exact) mass is 1160 g/mol. The summed E-state index contributed by atoms with van der Waals surface area (Å²) in [4.78, 5) is 35.8. The Bertz CT molecular complexity index is 1890. The fourth-order valence-corrected chi connectivity index (χ4v) is 9.18. The molecule has 0 aliphatic heterocycles. The number of unbranched alkanes of at least 4 members (excludes halogenated alkanes) is 20. The van der Waals surface area contributed by atoms with Crippen LogP contribution < -0.4 is 0 Å². The topological polar surface area (TPSA) is 108 Å². The Morgan fingerprint density at radius 2 is 0.659 bits per heavy atom. The van der Waals surface area contributed by atoms with E-state index >= 15 is 0 Å². The third-order valence-electron chi connectivity index (χ3n) is 13.4. The lowest BCUT2D eigenvalue weighted by Crippen LogP contribution is -2.37. The number of carbonyl (C=O) groups excluding carboxylic acids is 2. The first kappa shape index (κ1) is 77.9. The highest BCUT2D eigenvalue weighted by Gasteiger charge is 2.27. The number of ether oxygens (including phenoxy) is 2. The van der Waals surface area contributed by atoms with Gasteiger partial charge in [0.25, 0.3) is 0 Å². The van der Waals surface area contributed by atoms with E-state index in [1.54, 1.807) is 0 Å². The van der Waals surface area contributed by atoms with Crippen molar-refractivity contribution < 1.29 is 42.1 Å². The molecule has 0 bridgehead atoms. The number of nitrogens with zero attached hydrogens (tertiary/aromatic N) is 1. The molecule has 0 aromatic carbocycles. The van der Waals surface area contributed by atoms with Crippen LogP contribution in [0, 0.1) is 0 Å². The molecule has 2 unspecified atom stereocenters. The van der Waals surface area contributed by atoms with Gasteiger partial charge in [-0.2, -0.15) is 0 Å². The fraction of sp³-hybridized carbons (Fsp3) is 0.639. The van der Waals surface area contributed by atoms with Gasteiger partial charge in [-0.15, -0.1) is 0 Å². The zero-order valence-electron chi connectivity index (χ0n) is 52.9. The van der Waals surface area contributed by atoms with Gasteiger partial charge in [-0.1, -0.05) is 262 Å². The van der Waals surface area contributed by atoms with Crippen molar-refractivity contribution in [1.29, 1.82) is 0 Å². The maximum Gasteiger partial charge on any atom is 0.472 e. The van der Waals surface area contributed by atoms with Crippen LogP contribution in [0.25, 0.3) is 0 Å². The number of hydrogen-bond donors (Lipinski definition) is 1. The molecular formula is C72H121NO8P+. The van der Waals surface area contributed by atoms with Crippen LogP contribution in [0.4, 0.5) is 0 Å². The molecule has 0 saturated carbocycles. The minimum Gasteiger partial charge on any atom is -0.462 e. The molecular weight excluding hydrogens is 1040 g/mol. The van der Waals surface area contributed by atoms with E-state index in [-0.39, 0.29) is 26.1 Å². The lowest BCUT2D eigenvalue weighted by molar-refractivity contribution is -0.870. The average Bonchev–Trinajstić information content (AvgIpc) is 3.45. The maximum absolute atomic E-state index is 12.9. The van der Waals surface area contributed by atoms with Gasteiger partial charge in [0.15, 0.2) is 6.10 Å². The van der Waals surface area contributed by atoms with E-state index in [2.05, 4.69) is 160 Å². The number of carbonyl (C=O) groups is 2. The summed E-state index contributed by atoms with van der Waals surface area (Å²) in [7, 11) is 1.45. The van der Waals surface area contributed by atoms with Crippen molar-refractivity contribution in [2.45, 2.75) is 251 Å². The van der Waals surface area contributed by atoms with Crippen LogP contribution in [0.2, 0.25) is 0 Å². The van der Waals surface area contributed by atoms with Crippen LogP contribution >= 0.6 is 7.82 Å². The molecule has 0 radical (unpaired) electrons. The van der Waals surface area contributed by atoms with Crippen molar-refractivity contribution in [3.05, 3.63) is 146 Å². The molecule has 0 amide bonds. The second-order valence-electron chi connectivity index (χ2n) is 22.4. The van der Waals surface area contributed by atoms with E-state index in [0.717, 1.165) is 122 Å². The average molecular weight is 1160 g/mol. The predicted octanol–water partition coefficient (Wildman–Crippen LogP) is 21.0. The predicted molar refractivity (Wildman–Crippen MR) is 353 cm³/mol. The van der Waals surface area contributed by atoms with Crippen molar-refractivity contribution in [3.63, 3.8) is 0 Å². The Morgan fingerprint density at radius 1 is 0.378 bits per heavy atom. The van der Waals surface area contributed by atoms with E-state index in [1.807, 2.05) is 21.1 Å². The van der Waals surface area contributed by atoms with Crippen LogP contribution in [-0.2, 0) is 32.7 Å². The van der Waals surface area contributed by atoms with Gasteiger partial charge in [0.05, 0.1) is 27.7 Å². The molecule has 10 heteroatoms. The number of hydrogen-bond acceptors (Lipinski definition) is 7. The Labute approximate surface area is 503 Å². The first-order valence-corrected chi connectivity index (χ1v) is 34.1. The second-order valence-corrected chi connectivity index (χ2v) is 23.8. The highest BCUT2D eigenvalue weighted by Crippen LogP contribution is 2.43. The van der Waals surface area contributed by atoms with Gasteiger partial charge in [-0.05, 0) is 116 Å². The van der Waals surface area contributed by atoms with Crippen LogP contribution in [-0.4, -0.2) is 74.9 Å². The molecule has 0 fully saturated rings. The molecule has 0 aromatic heterocycles. The van der Waals surface area contributed by atoms with Crippen molar-refractivity contribution in [1.82, 2.24) is 0 Å². The van der Waals surface area contributed by atoms with Gasteiger partial charge in [-0.25, -0.2) is 4.57 Å². The third kappa shape index (κ3) is 65.0. The molecule has 0 aliphatic rings. The van der Waals surface area contributed by atoms with E-state index in [4.69, 9.17) is 18.5 Å². The van der Waals surface area contributed by atoms with Gasteiger partial charge < -0.3 is 18.9 Å². The van der Waals surface area contributed by atoms with E-state index in [0.29, 0.717) is 23.9 Å². The first-order chi connectivity index (χ1) is 40.0. The van der Waals surface area contributed by atoms with Crippen LogP contribution in [0.15, 0.2) is 146 Å². The highest BCUT2D eigenvalue weighted by atomic mass is 31.2. The van der Waals surface area contributed by atoms with Gasteiger partial charge in [0.2, 0.25) is 0 Å². The number of esters is 2. The lowest BCUT2D eigenvalue weighted by Gasteiger charge is -2.24. The minimum atomic E-state index is -4.41. The smallest absolute Gasteiger partial charge is 0.462 e. The van der Waals surface area contributed by atoms with Crippen LogP contribution in [0.1, 0.15) is 245 Å².